The number of aromatic hydroxyl groups is 2. The molecule has 0 aromatic heterocycles. The molecule has 3 aliphatic rings. The first kappa shape index (κ1) is 27.8. The lowest BCUT2D eigenvalue weighted by atomic mass is 9.97. The summed E-state index contributed by atoms with van der Waals surface area (Å²) in [4.78, 5) is 7.17. The van der Waals surface area contributed by atoms with Gasteiger partial charge in [-0.25, -0.2) is 0 Å². The molecule has 5 rings (SSSR count). The van der Waals surface area contributed by atoms with Crippen LogP contribution in [0.25, 0.3) is 5.57 Å². The third-order valence-electron chi connectivity index (χ3n) is 7.65. The number of ether oxygens (including phenoxy) is 2. The third kappa shape index (κ3) is 6.52. The van der Waals surface area contributed by atoms with E-state index in [-0.39, 0.29) is 22.8 Å². The molecule has 2 aromatic carbocycles. The maximum atomic E-state index is 10.3. The number of piperidine rings is 1. The quantitative estimate of drug-likeness (QED) is 0.306. The molecule has 0 atom stereocenters. The van der Waals surface area contributed by atoms with E-state index in [2.05, 4.69) is 85.1 Å². The maximum absolute atomic E-state index is 10.3. The monoisotopic (exact) mass is 545 g/mol. The van der Waals surface area contributed by atoms with E-state index in [0.717, 1.165) is 62.3 Å². The molecule has 0 unspecified atom stereocenters. The summed E-state index contributed by atoms with van der Waals surface area (Å²) in [6, 6.07) is 14.5. The van der Waals surface area contributed by atoms with Crippen LogP contribution in [0.15, 0.2) is 71.8 Å². The molecule has 1 saturated carbocycles. The second-order valence-electron chi connectivity index (χ2n) is 12.1. The number of phenolic OH excluding ortho intramolecular Hbond substituents is 2. The standard InChI is InChI=1S/C33H43N3O4/c1-33(2,3)40-32(24-11-12-24)35-15-13-28(14-16-35)36(27-9-7-6-8-10-27)21-23-17-26(22-34(4)20-23)25-18-29(37)31(38)30(19-25)39-5/h6-10,17-20,28,37-38H,11-16,21-22H2,1-5H3. The van der Waals surface area contributed by atoms with Gasteiger partial charge >= 0.3 is 0 Å². The topological polar surface area (TPSA) is 68.6 Å². The average Bonchev–Trinajstić information content (AvgIpc) is 3.77. The summed E-state index contributed by atoms with van der Waals surface area (Å²) in [7, 11) is 3.56. The first-order valence-corrected chi connectivity index (χ1v) is 14.3. The molecule has 214 valence electrons. The van der Waals surface area contributed by atoms with E-state index in [0.29, 0.717) is 12.6 Å². The number of rotatable bonds is 8. The number of nitrogens with zero attached hydrogens (tertiary/aromatic N) is 3. The van der Waals surface area contributed by atoms with Gasteiger partial charge in [-0.2, -0.15) is 0 Å². The van der Waals surface area contributed by atoms with Crippen molar-refractivity contribution in [3.8, 4) is 17.2 Å². The van der Waals surface area contributed by atoms with Gasteiger partial charge in [-0.1, -0.05) is 24.3 Å². The minimum Gasteiger partial charge on any atom is -0.504 e. The summed E-state index contributed by atoms with van der Waals surface area (Å²) in [5.74, 6) is 0.974. The zero-order chi connectivity index (χ0) is 28.4. The summed E-state index contributed by atoms with van der Waals surface area (Å²) >= 11 is 0. The number of benzene rings is 2. The van der Waals surface area contributed by atoms with Crippen molar-refractivity contribution in [3.63, 3.8) is 0 Å². The van der Waals surface area contributed by atoms with Crippen LogP contribution in [0.2, 0.25) is 0 Å². The zero-order valence-electron chi connectivity index (χ0n) is 24.5. The molecule has 40 heavy (non-hydrogen) atoms. The fraction of sp³-hybridized carbons (Fsp3) is 0.455. The molecule has 0 spiro atoms. The van der Waals surface area contributed by atoms with Crippen LogP contribution in [-0.4, -0.2) is 72.0 Å². The Morgan fingerprint density at radius 1 is 1.05 bits per heavy atom. The summed E-state index contributed by atoms with van der Waals surface area (Å²) in [6.07, 6.45) is 8.84. The van der Waals surface area contributed by atoms with Gasteiger partial charge in [0.2, 0.25) is 5.75 Å². The lowest BCUT2D eigenvalue weighted by molar-refractivity contribution is -0.00533. The molecule has 7 heteroatoms. The Morgan fingerprint density at radius 2 is 1.75 bits per heavy atom. The van der Waals surface area contributed by atoms with Crippen molar-refractivity contribution in [1.82, 2.24) is 9.80 Å². The molecule has 2 N–H and O–H groups in total. The van der Waals surface area contributed by atoms with Gasteiger partial charge in [-0.05, 0) is 93.0 Å². The van der Waals surface area contributed by atoms with Gasteiger partial charge in [0.1, 0.15) is 5.60 Å². The molecule has 0 bridgehead atoms. The molecule has 2 heterocycles. The fourth-order valence-electron chi connectivity index (χ4n) is 5.65. The van der Waals surface area contributed by atoms with Crippen molar-refractivity contribution in [2.24, 2.45) is 0 Å². The Bertz CT molecular complexity index is 1290. The average molecular weight is 546 g/mol. The molecule has 2 fully saturated rings. The number of hydrogen-bond acceptors (Lipinski definition) is 7. The Balaban J connectivity index is 1.37. The number of anilines is 1. The second-order valence-corrected chi connectivity index (χ2v) is 12.1. The summed E-state index contributed by atoms with van der Waals surface area (Å²) < 4.78 is 11.7. The number of para-hydroxylation sites is 1. The van der Waals surface area contributed by atoms with Crippen molar-refractivity contribution in [1.29, 1.82) is 0 Å². The van der Waals surface area contributed by atoms with Crippen LogP contribution < -0.4 is 9.64 Å². The van der Waals surface area contributed by atoms with Crippen LogP contribution in [0, 0.1) is 0 Å². The fourth-order valence-corrected chi connectivity index (χ4v) is 5.65. The number of likely N-dealkylation sites (N-methyl/N-ethyl adjacent to an activating group) is 1. The third-order valence-corrected chi connectivity index (χ3v) is 7.65. The van der Waals surface area contributed by atoms with E-state index in [1.54, 1.807) is 12.1 Å². The highest BCUT2D eigenvalue weighted by atomic mass is 16.5. The maximum Gasteiger partial charge on any atom is 0.200 e. The van der Waals surface area contributed by atoms with E-state index in [4.69, 9.17) is 9.47 Å². The summed E-state index contributed by atoms with van der Waals surface area (Å²) in [5.41, 5.74) is 5.58. The van der Waals surface area contributed by atoms with E-state index in [1.165, 1.54) is 23.9 Å². The Hall–Kier alpha value is -3.74. The summed E-state index contributed by atoms with van der Waals surface area (Å²) in [5, 5.41) is 20.4. The SMILES string of the molecule is COc1cc(C2=CC(CN(c3ccccc3)C3CCN(C(OC(C)(C)C)=C4CC4)CC3)=CN(C)C2)cc(O)c1O. The normalized spacial score (nSPS) is 17.8. The lowest BCUT2D eigenvalue weighted by Crippen LogP contribution is -2.46. The van der Waals surface area contributed by atoms with Gasteiger partial charge in [-0.3, -0.25) is 0 Å². The highest BCUT2D eigenvalue weighted by Gasteiger charge is 2.32. The molecule has 2 aliphatic heterocycles. The smallest absolute Gasteiger partial charge is 0.200 e. The number of phenols is 2. The van der Waals surface area contributed by atoms with Gasteiger partial charge in [0, 0.05) is 51.2 Å². The van der Waals surface area contributed by atoms with Crippen LogP contribution in [0.4, 0.5) is 5.69 Å². The van der Waals surface area contributed by atoms with Crippen LogP contribution >= 0.6 is 0 Å². The van der Waals surface area contributed by atoms with Crippen molar-refractivity contribution < 1.29 is 19.7 Å². The predicted octanol–water partition coefficient (Wildman–Crippen LogP) is 6.11. The highest BCUT2D eigenvalue weighted by Crippen LogP contribution is 2.40. The second kappa shape index (κ2) is 11.4. The Kier molecular flexibility index (Phi) is 7.92. The van der Waals surface area contributed by atoms with E-state index < -0.39 is 0 Å². The Morgan fingerprint density at radius 3 is 2.38 bits per heavy atom. The van der Waals surface area contributed by atoms with Gasteiger partial charge in [0.25, 0.3) is 0 Å². The van der Waals surface area contributed by atoms with E-state index >= 15 is 0 Å². The van der Waals surface area contributed by atoms with Gasteiger partial charge in [0.05, 0.1) is 7.11 Å². The highest BCUT2D eigenvalue weighted by molar-refractivity contribution is 5.75. The number of likely N-dealkylation sites (tertiary alicyclic amines) is 1. The van der Waals surface area contributed by atoms with E-state index in [9.17, 15) is 10.2 Å². The molecular formula is C33H43N3O4. The van der Waals surface area contributed by atoms with Crippen molar-refractivity contribution in [2.45, 2.75) is 58.1 Å². The first-order chi connectivity index (χ1) is 19.1. The Labute approximate surface area is 238 Å². The molecule has 0 amide bonds. The molecule has 7 nitrogen and oxygen atoms in total. The zero-order valence-corrected chi connectivity index (χ0v) is 24.5. The van der Waals surface area contributed by atoms with Crippen molar-refractivity contribution in [3.05, 3.63) is 77.3 Å². The van der Waals surface area contributed by atoms with Gasteiger partial charge < -0.3 is 34.4 Å². The van der Waals surface area contributed by atoms with Gasteiger partial charge in [0.15, 0.2) is 17.4 Å². The first-order valence-electron chi connectivity index (χ1n) is 14.3. The molecule has 1 saturated heterocycles. The lowest BCUT2D eigenvalue weighted by Gasteiger charge is -2.42. The summed E-state index contributed by atoms with van der Waals surface area (Å²) in [6.45, 7) is 9.83. The van der Waals surface area contributed by atoms with Crippen molar-refractivity contribution in [2.75, 3.05) is 45.2 Å². The molecular weight excluding hydrogens is 502 g/mol. The van der Waals surface area contributed by atoms with Crippen LogP contribution in [0.5, 0.6) is 17.2 Å². The number of hydrogen-bond donors (Lipinski definition) is 2. The van der Waals surface area contributed by atoms with Crippen molar-refractivity contribution >= 4 is 11.3 Å². The van der Waals surface area contributed by atoms with Gasteiger partial charge in [-0.15, -0.1) is 0 Å². The van der Waals surface area contributed by atoms with Crippen LogP contribution in [0.1, 0.15) is 52.0 Å². The predicted molar refractivity (Wildman–Crippen MR) is 160 cm³/mol. The largest absolute Gasteiger partial charge is 0.504 e. The molecule has 1 aliphatic carbocycles. The minimum absolute atomic E-state index is 0.178. The molecule has 2 aromatic rings. The van der Waals surface area contributed by atoms with E-state index in [1.807, 2.05) is 0 Å². The number of allylic oxidation sites excluding steroid dienone is 1. The molecule has 0 radical (unpaired) electrons. The van der Waals surface area contributed by atoms with Crippen LogP contribution in [0.3, 0.4) is 0 Å². The minimum atomic E-state index is -0.234. The van der Waals surface area contributed by atoms with Crippen LogP contribution in [-0.2, 0) is 4.74 Å². The number of methoxy groups -OCH3 is 1.